The van der Waals surface area contributed by atoms with E-state index >= 15 is 0 Å². The highest BCUT2D eigenvalue weighted by atomic mass is 35.5. The number of rotatable bonds is 5. The number of piperazine rings is 1. The van der Waals surface area contributed by atoms with Gasteiger partial charge < -0.3 is 10.2 Å². The Bertz CT molecular complexity index is 1110. The van der Waals surface area contributed by atoms with E-state index in [-0.39, 0.29) is 47.9 Å². The molecular weight excluding hydrogens is 445 g/mol. The number of carbonyl (C=O) groups is 2. The Labute approximate surface area is 185 Å². The first-order chi connectivity index (χ1) is 14.7. The summed E-state index contributed by atoms with van der Waals surface area (Å²) in [4.78, 5) is 25.5. The van der Waals surface area contributed by atoms with Crippen LogP contribution in [0, 0.1) is 5.82 Å². The van der Waals surface area contributed by atoms with Crippen LogP contribution in [0.4, 0.5) is 4.39 Å². The largest absolute Gasteiger partial charge is 0.355 e. The van der Waals surface area contributed by atoms with Crippen LogP contribution < -0.4 is 5.32 Å². The summed E-state index contributed by atoms with van der Waals surface area (Å²) in [7, 11) is -2.28. The van der Waals surface area contributed by atoms with Crippen molar-refractivity contribution >= 4 is 39.5 Å². The highest BCUT2D eigenvalue weighted by molar-refractivity contribution is 7.89. The monoisotopic (exact) mass is 465 g/mol. The lowest BCUT2D eigenvalue weighted by atomic mass is 10.1. The second-order valence-corrected chi connectivity index (χ2v) is 9.18. The predicted octanol–water partition coefficient (Wildman–Crippen LogP) is 2.39. The Morgan fingerprint density at radius 2 is 1.71 bits per heavy atom. The Balaban J connectivity index is 1.59. The van der Waals surface area contributed by atoms with Gasteiger partial charge in [-0.15, -0.1) is 0 Å². The van der Waals surface area contributed by atoms with Gasteiger partial charge in [0.25, 0.3) is 5.91 Å². The molecule has 2 aromatic carbocycles. The smallest absolute Gasteiger partial charge is 0.251 e. The zero-order valence-electron chi connectivity index (χ0n) is 16.7. The average Bonchev–Trinajstić information content (AvgIpc) is 2.79. The molecule has 0 bridgehead atoms. The third-order valence-electron chi connectivity index (χ3n) is 4.90. The molecule has 1 aliphatic heterocycles. The van der Waals surface area contributed by atoms with E-state index in [1.54, 1.807) is 42.3 Å². The minimum atomic E-state index is -3.83. The second kappa shape index (κ2) is 9.59. The lowest BCUT2D eigenvalue weighted by Crippen LogP contribution is -2.50. The second-order valence-electron chi connectivity index (χ2n) is 6.84. The molecule has 0 aromatic heterocycles. The van der Waals surface area contributed by atoms with E-state index in [0.717, 1.165) is 17.7 Å². The Kier molecular flexibility index (Phi) is 7.09. The molecule has 1 saturated heterocycles. The van der Waals surface area contributed by atoms with Gasteiger partial charge in [0.2, 0.25) is 15.9 Å². The first kappa shape index (κ1) is 22.9. The highest BCUT2D eigenvalue weighted by Crippen LogP contribution is 2.23. The number of nitrogens with one attached hydrogen (secondary N) is 1. The Morgan fingerprint density at radius 1 is 1.06 bits per heavy atom. The van der Waals surface area contributed by atoms with Crippen molar-refractivity contribution < 1.29 is 22.4 Å². The average molecular weight is 466 g/mol. The summed E-state index contributed by atoms with van der Waals surface area (Å²) in [5.74, 6) is -1.12. The first-order valence-corrected chi connectivity index (χ1v) is 11.3. The van der Waals surface area contributed by atoms with Crippen molar-refractivity contribution in [3.05, 3.63) is 70.5 Å². The third kappa shape index (κ3) is 5.30. The fraction of sp³-hybridized carbons (Fsp3) is 0.238. The van der Waals surface area contributed by atoms with Gasteiger partial charge in [-0.3, -0.25) is 9.59 Å². The molecule has 3 rings (SSSR count). The first-order valence-electron chi connectivity index (χ1n) is 9.46. The molecule has 31 heavy (non-hydrogen) atoms. The van der Waals surface area contributed by atoms with Gasteiger partial charge in [0.15, 0.2) is 0 Å². The van der Waals surface area contributed by atoms with Gasteiger partial charge in [0.1, 0.15) is 5.82 Å². The van der Waals surface area contributed by atoms with E-state index in [0.29, 0.717) is 5.56 Å². The topological polar surface area (TPSA) is 86.8 Å². The van der Waals surface area contributed by atoms with Crippen LogP contribution in [0.25, 0.3) is 6.08 Å². The quantitative estimate of drug-likeness (QED) is 0.687. The predicted molar refractivity (Wildman–Crippen MR) is 116 cm³/mol. The van der Waals surface area contributed by atoms with Crippen LogP contribution >= 0.6 is 11.6 Å². The molecule has 1 heterocycles. The van der Waals surface area contributed by atoms with Gasteiger partial charge in [-0.1, -0.05) is 23.7 Å². The summed E-state index contributed by atoms with van der Waals surface area (Å²) in [5, 5.41) is 2.28. The standard InChI is InChI=1S/C21H21ClFN3O4S/c1-24-21(28)16-5-2-15(3-6-16)4-9-20(27)25-10-12-26(13-11-25)31(29,30)17-7-8-19(23)18(22)14-17/h2-9,14H,10-13H2,1H3,(H,24,28)/b9-4+. The van der Waals surface area contributed by atoms with E-state index in [1.807, 2.05) is 0 Å². The molecule has 0 aliphatic carbocycles. The van der Waals surface area contributed by atoms with Crippen LogP contribution in [-0.4, -0.2) is 62.7 Å². The minimum absolute atomic E-state index is 0.0845. The summed E-state index contributed by atoms with van der Waals surface area (Å²) in [6.45, 7) is 0.704. The van der Waals surface area contributed by atoms with Crippen molar-refractivity contribution in [2.24, 2.45) is 0 Å². The Morgan fingerprint density at radius 3 is 2.29 bits per heavy atom. The van der Waals surface area contributed by atoms with Crippen molar-refractivity contribution in [2.45, 2.75) is 4.90 Å². The van der Waals surface area contributed by atoms with E-state index in [9.17, 15) is 22.4 Å². The van der Waals surface area contributed by atoms with Crippen molar-refractivity contribution in [3.8, 4) is 0 Å². The van der Waals surface area contributed by atoms with Gasteiger partial charge in [0, 0.05) is 44.9 Å². The molecule has 0 radical (unpaired) electrons. The molecule has 0 spiro atoms. The summed E-state index contributed by atoms with van der Waals surface area (Å²) in [6, 6.07) is 10.1. The van der Waals surface area contributed by atoms with E-state index < -0.39 is 15.8 Å². The van der Waals surface area contributed by atoms with Gasteiger partial charge >= 0.3 is 0 Å². The Hall–Kier alpha value is -2.75. The number of benzene rings is 2. The number of halogens is 2. The van der Waals surface area contributed by atoms with Crippen LogP contribution in [0.3, 0.4) is 0 Å². The summed E-state index contributed by atoms with van der Waals surface area (Å²) >= 11 is 5.70. The van der Waals surface area contributed by atoms with Crippen LogP contribution in [0.2, 0.25) is 5.02 Å². The maximum absolute atomic E-state index is 13.3. The van der Waals surface area contributed by atoms with Crippen molar-refractivity contribution in [3.63, 3.8) is 0 Å². The van der Waals surface area contributed by atoms with Crippen LogP contribution in [0.1, 0.15) is 15.9 Å². The van der Waals surface area contributed by atoms with Crippen molar-refractivity contribution in [1.29, 1.82) is 0 Å². The number of hydrogen-bond acceptors (Lipinski definition) is 4. The maximum atomic E-state index is 13.3. The summed E-state index contributed by atoms with van der Waals surface area (Å²) in [6.07, 6.45) is 3.05. The van der Waals surface area contributed by atoms with E-state index in [4.69, 9.17) is 11.6 Å². The van der Waals surface area contributed by atoms with Gasteiger partial charge in [-0.25, -0.2) is 12.8 Å². The van der Waals surface area contributed by atoms with Gasteiger partial charge in [-0.05, 0) is 42.0 Å². The number of nitrogens with zero attached hydrogens (tertiary/aromatic N) is 2. The van der Waals surface area contributed by atoms with Crippen LogP contribution in [0.5, 0.6) is 0 Å². The number of hydrogen-bond donors (Lipinski definition) is 1. The molecule has 2 amide bonds. The molecule has 2 aromatic rings. The normalized spacial score (nSPS) is 15.3. The van der Waals surface area contributed by atoms with E-state index in [2.05, 4.69) is 5.32 Å². The molecule has 7 nitrogen and oxygen atoms in total. The molecule has 10 heteroatoms. The molecule has 164 valence electrons. The molecule has 0 unspecified atom stereocenters. The molecule has 1 N–H and O–H groups in total. The van der Waals surface area contributed by atoms with Crippen molar-refractivity contribution in [2.75, 3.05) is 33.2 Å². The van der Waals surface area contributed by atoms with Gasteiger partial charge in [-0.2, -0.15) is 4.31 Å². The molecular formula is C21H21ClFN3O4S. The number of sulfonamides is 1. The molecule has 0 saturated carbocycles. The lowest BCUT2D eigenvalue weighted by molar-refractivity contribution is -0.127. The lowest BCUT2D eigenvalue weighted by Gasteiger charge is -2.33. The van der Waals surface area contributed by atoms with Gasteiger partial charge in [0.05, 0.1) is 9.92 Å². The third-order valence-corrected chi connectivity index (χ3v) is 7.08. The summed E-state index contributed by atoms with van der Waals surface area (Å²) in [5.41, 5.74) is 1.28. The van der Waals surface area contributed by atoms with Crippen LogP contribution in [0.15, 0.2) is 53.4 Å². The van der Waals surface area contributed by atoms with Crippen molar-refractivity contribution in [1.82, 2.24) is 14.5 Å². The van der Waals surface area contributed by atoms with Crippen LogP contribution in [-0.2, 0) is 14.8 Å². The molecule has 0 atom stereocenters. The number of carbonyl (C=O) groups excluding carboxylic acids is 2. The molecule has 1 aliphatic rings. The highest BCUT2D eigenvalue weighted by Gasteiger charge is 2.30. The minimum Gasteiger partial charge on any atom is -0.355 e. The summed E-state index contributed by atoms with van der Waals surface area (Å²) < 4.78 is 40.0. The van der Waals surface area contributed by atoms with E-state index in [1.165, 1.54) is 16.4 Å². The SMILES string of the molecule is CNC(=O)c1ccc(/C=C/C(=O)N2CCN(S(=O)(=O)c3ccc(F)c(Cl)c3)CC2)cc1. The molecule has 1 fully saturated rings. The fourth-order valence-electron chi connectivity index (χ4n) is 3.10. The zero-order valence-corrected chi connectivity index (χ0v) is 18.3. The number of amides is 2. The fourth-order valence-corrected chi connectivity index (χ4v) is 4.79. The maximum Gasteiger partial charge on any atom is 0.251 e. The zero-order chi connectivity index (χ0) is 22.6.